The molecule has 1 aliphatic carbocycles. The zero-order chi connectivity index (χ0) is 14.1. The maximum atomic E-state index is 11.9. The van der Waals surface area contributed by atoms with Crippen LogP contribution in [0.3, 0.4) is 0 Å². The van der Waals surface area contributed by atoms with E-state index < -0.39 is 0 Å². The van der Waals surface area contributed by atoms with Crippen molar-refractivity contribution < 1.29 is 9.59 Å². The molecule has 100 valence electrons. The summed E-state index contributed by atoms with van der Waals surface area (Å²) in [6.45, 7) is 1.49. The molecule has 0 bridgehead atoms. The Bertz CT molecular complexity index is 690. The molecule has 0 fully saturated rings. The number of rotatable bonds is 2. The molecule has 2 aromatic rings. The normalized spacial score (nSPS) is 13.2. The van der Waals surface area contributed by atoms with Crippen LogP contribution in [0.5, 0.6) is 0 Å². The van der Waals surface area contributed by atoms with Crippen molar-refractivity contribution in [2.45, 2.75) is 19.8 Å². The number of amides is 1. The van der Waals surface area contributed by atoms with E-state index in [2.05, 4.69) is 5.32 Å². The number of aryl methyl sites for hydroxylation is 1. The highest BCUT2D eigenvalue weighted by molar-refractivity contribution is 6.04. The molecule has 1 amide bonds. The van der Waals surface area contributed by atoms with Crippen LogP contribution in [0.25, 0.3) is 11.1 Å². The molecule has 20 heavy (non-hydrogen) atoms. The van der Waals surface area contributed by atoms with Crippen molar-refractivity contribution >= 4 is 17.4 Å². The van der Waals surface area contributed by atoms with E-state index in [1.807, 2.05) is 42.5 Å². The summed E-state index contributed by atoms with van der Waals surface area (Å²) in [5.74, 6) is 0.0815. The van der Waals surface area contributed by atoms with Gasteiger partial charge in [0, 0.05) is 30.2 Å². The van der Waals surface area contributed by atoms with Crippen LogP contribution in [0, 0.1) is 0 Å². The number of benzene rings is 2. The van der Waals surface area contributed by atoms with Gasteiger partial charge in [0.05, 0.1) is 0 Å². The average molecular weight is 265 g/mol. The topological polar surface area (TPSA) is 46.2 Å². The number of fused-ring (bicyclic) bond motifs is 1. The molecule has 0 unspecified atom stereocenters. The molecule has 0 aromatic heterocycles. The van der Waals surface area contributed by atoms with E-state index in [0.29, 0.717) is 6.42 Å². The van der Waals surface area contributed by atoms with Crippen LogP contribution >= 0.6 is 0 Å². The number of nitrogens with one attached hydrogen (secondary N) is 1. The van der Waals surface area contributed by atoms with E-state index in [-0.39, 0.29) is 11.7 Å². The number of carbonyl (C=O) groups is 2. The fourth-order valence-electron chi connectivity index (χ4n) is 2.64. The second kappa shape index (κ2) is 4.93. The van der Waals surface area contributed by atoms with Gasteiger partial charge in [0.15, 0.2) is 5.78 Å². The van der Waals surface area contributed by atoms with Crippen molar-refractivity contribution in [3.05, 3.63) is 53.6 Å². The lowest BCUT2D eigenvalue weighted by Gasteiger charge is -2.13. The third kappa shape index (κ3) is 2.23. The van der Waals surface area contributed by atoms with Crippen LogP contribution in [0.1, 0.15) is 29.3 Å². The second-order valence-corrected chi connectivity index (χ2v) is 5.03. The fourth-order valence-corrected chi connectivity index (χ4v) is 2.64. The first-order valence-corrected chi connectivity index (χ1v) is 6.68. The summed E-state index contributed by atoms with van der Waals surface area (Å²) >= 11 is 0. The largest absolute Gasteiger partial charge is 0.326 e. The maximum absolute atomic E-state index is 11.9. The smallest absolute Gasteiger partial charge is 0.221 e. The van der Waals surface area contributed by atoms with Gasteiger partial charge in [0.2, 0.25) is 5.91 Å². The summed E-state index contributed by atoms with van der Waals surface area (Å²) < 4.78 is 0. The lowest BCUT2D eigenvalue weighted by Crippen LogP contribution is -2.08. The molecule has 1 aliphatic rings. The highest BCUT2D eigenvalue weighted by Crippen LogP contribution is 2.34. The van der Waals surface area contributed by atoms with Crippen LogP contribution in [0.4, 0.5) is 5.69 Å². The average Bonchev–Trinajstić information content (AvgIpc) is 2.79. The van der Waals surface area contributed by atoms with Gasteiger partial charge in [-0.05, 0) is 29.7 Å². The van der Waals surface area contributed by atoms with Crippen LogP contribution in [-0.4, -0.2) is 11.7 Å². The summed E-state index contributed by atoms with van der Waals surface area (Å²) in [6, 6.07) is 13.6. The maximum Gasteiger partial charge on any atom is 0.221 e. The third-order valence-corrected chi connectivity index (χ3v) is 3.56. The van der Waals surface area contributed by atoms with Crippen molar-refractivity contribution in [3.8, 4) is 11.1 Å². The van der Waals surface area contributed by atoms with E-state index in [4.69, 9.17) is 0 Å². The summed E-state index contributed by atoms with van der Waals surface area (Å²) in [4.78, 5) is 23.3. The number of Topliss-reactive ketones (excluding diaryl/α,β-unsaturated/α-hetero) is 1. The molecule has 0 saturated heterocycles. The van der Waals surface area contributed by atoms with E-state index in [1.165, 1.54) is 6.92 Å². The minimum absolute atomic E-state index is 0.105. The number of carbonyl (C=O) groups excluding carboxylic acids is 2. The summed E-state index contributed by atoms with van der Waals surface area (Å²) in [5.41, 5.74) is 4.49. The van der Waals surface area contributed by atoms with Gasteiger partial charge in [0.1, 0.15) is 0 Å². The van der Waals surface area contributed by atoms with Crippen LogP contribution < -0.4 is 5.32 Å². The number of hydrogen-bond donors (Lipinski definition) is 1. The lowest BCUT2D eigenvalue weighted by molar-refractivity contribution is -0.114. The predicted octanol–water partition coefficient (Wildman–Crippen LogP) is 3.44. The highest BCUT2D eigenvalue weighted by Gasteiger charge is 2.22. The molecule has 0 atom stereocenters. The van der Waals surface area contributed by atoms with Crippen LogP contribution in [0.15, 0.2) is 42.5 Å². The molecule has 3 heteroatoms. The van der Waals surface area contributed by atoms with Crippen molar-refractivity contribution in [2.24, 2.45) is 0 Å². The Labute approximate surface area is 117 Å². The molecular weight excluding hydrogens is 250 g/mol. The lowest BCUT2D eigenvalue weighted by atomic mass is 9.98. The molecule has 3 rings (SSSR count). The summed E-state index contributed by atoms with van der Waals surface area (Å²) in [7, 11) is 0. The Hall–Kier alpha value is -2.42. The molecule has 0 aliphatic heterocycles. The molecule has 3 nitrogen and oxygen atoms in total. The van der Waals surface area contributed by atoms with E-state index in [1.54, 1.807) is 0 Å². The van der Waals surface area contributed by atoms with Gasteiger partial charge < -0.3 is 5.32 Å². The number of ketones is 1. The fraction of sp³-hybridized carbons (Fsp3) is 0.176. The molecule has 1 N–H and O–H groups in total. The van der Waals surface area contributed by atoms with Gasteiger partial charge in [0.25, 0.3) is 0 Å². The Balaban J connectivity index is 2.18. The third-order valence-electron chi connectivity index (χ3n) is 3.56. The van der Waals surface area contributed by atoms with Gasteiger partial charge >= 0.3 is 0 Å². The van der Waals surface area contributed by atoms with Gasteiger partial charge in [-0.2, -0.15) is 0 Å². The Morgan fingerprint density at radius 3 is 2.50 bits per heavy atom. The van der Waals surface area contributed by atoms with E-state index >= 15 is 0 Å². The Kier molecular flexibility index (Phi) is 3.11. The van der Waals surface area contributed by atoms with Crippen molar-refractivity contribution in [1.82, 2.24) is 0 Å². The van der Waals surface area contributed by atoms with Crippen molar-refractivity contribution in [3.63, 3.8) is 0 Å². The van der Waals surface area contributed by atoms with Gasteiger partial charge in [-0.25, -0.2) is 0 Å². The SMILES string of the molecule is CC(=O)Nc1cc2c(cc1-c1ccccc1)C(=O)CC2. The standard InChI is InChI=1S/C17H15NO2/c1-11(19)18-16-9-13-7-8-17(20)15(13)10-14(16)12-5-3-2-4-6-12/h2-6,9-10H,7-8H2,1H3,(H,18,19). The first-order chi connectivity index (χ1) is 9.65. The predicted molar refractivity (Wildman–Crippen MR) is 78.8 cm³/mol. The Morgan fingerprint density at radius 2 is 1.80 bits per heavy atom. The van der Waals surface area contributed by atoms with E-state index in [9.17, 15) is 9.59 Å². The summed E-state index contributed by atoms with van der Waals surface area (Å²) in [6.07, 6.45) is 1.32. The van der Waals surface area contributed by atoms with Crippen LogP contribution in [-0.2, 0) is 11.2 Å². The second-order valence-electron chi connectivity index (χ2n) is 5.03. The van der Waals surface area contributed by atoms with Gasteiger partial charge in [-0.3, -0.25) is 9.59 Å². The zero-order valence-corrected chi connectivity index (χ0v) is 11.3. The monoisotopic (exact) mass is 265 g/mol. The molecule has 0 saturated carbocycles. The molecule has 0 radical (unpaired) electrons. The first kappa shape index (κ1) is 12.6. The quantitative estimate of drug-likeness (QED) is 0.904. The summed E-state index contributed by atoms with van der Waals surface area (Å²) in [5, 5.41) is 2.87. The molecule has 0 spiro atoms. The van der Waals surface area contributed by atoms with Gasteiger partial charge in [-0.1, -0.05) is 30.3 Å². The highest BCUT2D eigenvalue weighted by atomic mass is 16.1. The molecule has 0 heterocycles. The minimum Gasteiger partial charge on any atom is -0.326 e. The minimum atomic E-state index is -0.105. The number of anilines is 1. The van der Waals surface area contributed by atoms with Crippen LogP contribution in [0.2, 0.25) is 0 Å². The molecular formula is C17H15NO2. The molecule has 2 aromatic carbocycles. The van der Waals surface area contributed by atoms with Crippen molar-refractivity contribution in [2.75, 3.05) is 5.32 Å². The zero-order valence-electron chi connectivity index (χ0n) is 11.3. The Morgan fingerprint density at radius 1 is 1.05 bits per heavy atom. The van der Waals surface area contributed by atoms with E-state index in [0.717, 1.165) is 34.4 Å². The first-order valence-electron chi connectivity index (χ1n) is 6.68. The van der Waals surface area contributed by atoms with Crippen molar-refractivity contribution in [1.29, 1.82) is 0 Å². The number of hydrogen-bond acceptors (Lipinski definition) is 2. The van der Waals surface area contributed by atoms with Gasteiger partial charge in [-0.15, -0.1) is 0 Å².